The maximum Gasteiger partial charge on any atom is 0.126 e. The van der Waals surface area contributed by atoms with E-state index in [1.165, 1.54) is 0 Å². The van der Waals surface area contributed by atoms with Crippen LogP contribution in [0.3, 0.4) is 0 Å². The summed E-state index contributed by atoms with van der Waals surface area (Å²) in [6.45, 7) is 5.25. The Morgan fingerprint density at radius 1 is 1.41 bits per heavy atom. The van der Waals surface area contributed by atoms with E-state index in [1.807, 2.05) is 23.9 Å². The van der Waals surface area contributed by atoms with Gasteiger partial charge in [-0.25, -0.2) is 4.39 Å². The fraction of sp³-hybridized carbons (Fsp3) is 0.308. The first-order valence-electron chi connectivity index (χ1n) is 5.70. The number of nitrogens with zero attached hydrogens (tertiary/aromatic N) is 2. The van der Waals surface area contributed by atoms with Crippen LogP contribution in [0.25, 0.3) is 0 Å². The highest BCUT2D eigenvalue weighted by molar-refractivity contribution is 5.39. The van der Waals surface area contributed by atoms with Crippen molar-refractivity contribution in [2.45, 2.75) is 26.9 Å². The minimum absolute atomic E-state index is 0.159. The maximum absolute atomic E-state index is 13.3. The maximum atomic E-state index is 13.3. The van der Waals surface area contributed by atoms with Gasteiger partial charge >= 0.3 is 0 Å². The van der Waals surface area contributed by atoms with E-state index in [9.17, 15) is 4.39 Å². The molecular formula is C13H16FN3. The Labute approximate surface area is 100 Å². The summed E-state index contributed by atoms with van der Waals surface area (Å²) in [5.41, 5.74) is 2.55. The number of rotatable bonds is 4. The summed E-state index contributed by atoms with van der Waals surface area (Å²) >= 11 is 0. The van der Waals surface area contributed by atoms with Gasteiger partial charge in [-0.2, -0.15) is 5.10 Å². The van der Waals surface area contributed by atoms with Crippen molar-refractivity contribution in [3.8, 4) is 0 Å². The molecule has 1 heterocycles. The van der Waals surface area contributed by atoms with Gasteiger partial charge in [-0.15, -0.1) is 0 Å². The summed E-state index contributed by atoms with van der Waals surface area (Å²) in [6, 6.07) is 5.28. The zero-order chi connectivity index (χ0) is 12.3. The van der Waals surface area contributed by atoms with Gasteiger partial charge in [0.2, 0.25) is 0 Å². The van der Waals surface area contributed by atoms with E-state index < -0.39 is 0 Å². The van der Waals surface area contributed by atoms with Crippen LogP contribution in [0.15, 0.2) is 30.6 Å². The lowest BCUT2D eigenvalue weighted by molar-refractivity contribution is 0.616. The molecule has 0 bridgehead atoms. The minimum atomic E-state index is -0.159. The Morgan fingerprint density at radius 2 is 2.24 bits per heavy atom. The molecule has 0 aliphatic rings. The van der Waals surface area contributed by atoms with Crippen LogP contribution in [0.4, 0.5) is 10.1 Å². The van der Waals surface area contributed by atoms with Crippen LogP contribution >= 0.6 is 0 Å². The molecule has 1 aromatic carbocycles. The quantitative estimate of drug-likeness (QED) is 0.879. The van der Waals surface area contributed by atoms with Gasteiger partial charge in [0.25, 0.3) is 0 Å². The van der Waals surface area contributed by atoms with E-state index in [0.717, 1.165) is 17.8 Å². The van der Waals surface area contributed by atoms with E-state index in [-0.39, 0.29) is 5.82 Å². The predicted molar refractivity (Wildman–Crippen MR) is 66.4 cm³/mol. The third-order valence-corrected chi connectivity index (χ3v) is 2.69. The molecule has 0 amide bonds. The Hall–Kier alpha value is -1.84. The molecule has 2 rings (SSSR count). The zero-order valence-corrected chi connectivity index (χ0v) is 10.1. The summed E-state index contributed by atoms with van der Waals surface area (Å²) in [5, 5.41) is 7.37. The molecule has 90 valence electrons. The number of hydrogen-bond acceptors (Lipinski definition) is 2. The van der Waals surface area contributed by atoms with E-state index in [0.29, 0.717) is 12.1 Å². The van der Waals surface area contributed by atoms with Crippen molar-refractivity contribution in [2.75, 3.05) is 5.32 Å². The SMILES string of the molecule is CCn1cc(NCc2ccc(C)c(F)c2)cn1. The van der Waals surface area contributed by atoms with Crippen molar-refractivity contribution in [2.24, 2.45) is 0 Å². The normalized spacial score (nSPS) is 10.5. The third-order valence-electron chi connectivity index (χ3n) is 2.69. The van der Waals surface area contributed by atoms with Crippen LogP contribution in [0.5, 0.6) is 0 Å². The van der Waals surface area contributed by atoms with Gasteiger partial charge < -0.3 is 5.32 Å². The lowest BCUT2D eigenvalue weighted by Gasteiger charge is -2.05. The molecule has 4 heteroatoms. The molecule has 0 unspecified atom stereocenters. The fourth-order valence-corrected chi connectivity index (χ4v) is 1.58. The number of benzene rings is 1. The molecule has 0 radical (unpaired) electrons. The summed E-state index contributed by atoms with van der Waals surface area (Å²) in [5.74, 6) is -0.159. The van der Waals surface area contributed by atoms with Crippen molar-refractivity contribution in [3.63, 3.8) is 0 Å². The number of aryl methyl sites for hydroxylation is 2. The first-order chi connectivity index (χ1) is 8.19. The lowest BCUT2D eigenvalue weighted by Crippen LogP contribution is -1.99. The van der Waals surface area contributed by atoms with E-state index in [1.54, 1.807) is 25.3 Å². The summed E-state index contributed by atoms with van der Waals surface area (Å²) in [6.07, 6.45) is 3.71. The molecule has 17 heavy (non-hydrogen) atoms. The largest absolute Gasteiger partial charge is 0.378 e. The van der Waals surface area contributed by atoms with Gasteiger partial charge in [0.15, 0.2) is 0 Å². The van der Waals surface area contributed by atoms with Gasteiger partial charge in [-0.3, -0.25) is 4.68 Å². The summed E-state index contributed by atoms with van der Waals surface area (Å²) in [7, 11) is 0. The molecule has 1 aromatic heterocycles. The van der Waals surface area contributed by atoms with Crippen LogP contribution in [-0.4, -0.2) is 9.78 Å². The van der Waals surface area contributed by atoms with Gasteiger partial charge in [0.1, 0.15) is 5.82 Å². The number of aromatic nitrogens is 2. The van der Waals surface area contributed by atoms with Crippen LogP contribution in [0.2, 0.25) is 0 Å². The second-order valence-corrected chi connectivity index (χ2v) is 4.02. The van der Waals surface area contributed by atoms with Crippen molar-refractivity contribution in [1.29, 1.82) is 0 Å². The Bertz CT molecular complexity index is 505. The number of anilines is 1. The van der Waals surface area contributed by atoms with Gasteiger partial charge in [-0.1, -0.05) is 12.1 Å². The third kappa shape index (κ3) is 2.84. The standard InChI is InChI=1S/C13H16FN3/c1-3-17-9-12(8-16-17)15-7-11-5-4-10(2)13(14)6-11/h4-6,8-9,15H,3,7H2,1-2H3. The average molecular weight is 233 g/mol. The number of hydrogen-bond donors (Lipinski definition) is 1. The lowest BCUT2D eigenvalue weighted by atomic mass is 10.1. The first kappa shape index (κ1) is 11.6. The summed E-state index contributed by atoms with van der Waals surface area (Å²) in [4.78, 5) is 0. The van der Waals surface area contributed by atoms with Crippen LogP contribution in [-0.2, 0) is 13.1 Å². The van der Waals surface area contributed by atoms with Gasteiger partial charge in [0.05, 0.1) is 11.9 Å². The Morgan fingerprint density at radius 3 is 2.88 bits per heavy atom. The van der Waals surface area contributed by atoms with Crippen molar-refractivity contribution in [1.82, 2.24) is 9.78 Å². The molecule has 0 atom stereocenters. The molecule has 0 fully saturated rings. The number of nitrogens with one attached hydrogen (secondary N) is 1. The van der Waals surface area contributed by atoms with Crippen molar-refractivity contribution in [3.05, 3.63) is 47.5 Å². The van der Waals surface area contributed by atoms with Crippen LogP contribution < -0.4 is 5.32 Å². The van der Waals surface area contributed by atoms with E-state index >= 15 is 0 Å². The molecule has 0 saturated carbocycles. The molecule has 0 aliphatic carbocycles. The first-order valence-corrected chi connectivity index (χ1v) is 5.70. The molecule has 0 saturated heterocycles. The molecule has 0 aliphatic heterocycles. The fourth-order valence-electron chi connectivity index (χ4n) is 1.58. The van der Waals surface area contributed by atoms with Crippen LogP contribution in [0.1, 0.15) is 18.1 Å². The topological polar surface area (TPSA) is 29.9 Å². The zero-order valence-electron chi connectivity index (χ0n) is 10.1. The second kappa shape index (κ2) is 4.99. The highest BCUT2D eigenvalue weighted by atomic mass is 19.1. The van der Waals surface area contributed by atoms with Gasteiger partial charge in [-0.05, 0) is 31.0 Å². The van der Waals surface area contributed by atoms with E-state index in [2.05, 4.69) is 10.4 Å². The Kier molecular flexibility index (Phi) is 3.42. The molecule has 3 nitrogen and oxygen atoms in total. The van der Waals surface area contributed by atoms with Crippen molar-refractivity contribution < 1.29 is 4.39 Å². The van der Waals surface area contributed by atoms with Crippen molar-refractivity contribution >= 4 is 5.69 Å². The van der Waals surface area contributed by atoms with Gasteiger partial charge in [0, 0.05) is 19.3 Å². The monoisotopic (exact) mass is 233 g/mol. The number of halogens is 1. The highest BCUT2D eigenvalue weighted by Gasteiger charge is 2.00. The molecule has 2 aromatic rings. The average Bonchev–Trinajstić information content (AvgIpc) is 2.79. The Balaban J connectivity index is 1.99. The molecule has 1 N–H and O–H groups in total. The minimum Gasteiger partial charge on any atom is -0.378 e. The smallest absolute Gasteiger partial charge is 0.126 e. The van der Waals surface area contributed by atoms with E-state index in [4.69, 9.17) is 0 Å². The van der Waals surface area contributed by atoms with Crippen LogP contribution in [0, 0.1) is 12.7 Å². The summed E-state index contributed by atoms with van der Waals surface area (Å²) < 4.78 is 15.2. The molecular weight excluding hydrogens is 217 g/mol. The highest BCUT2D eigenvalue weighted by Crippen LogP contribution is 2.12. The second-order valence-electron chi connectivity index (χ2n) is 4.02. The predicted octanol–water partition coefficient (Wildman–Crippen LogP) is 2.96. The molecule has 0 spiro atoms.